The molecule has 5 nitrogen and oxygen atoms in total. The zero-order valence-electron chi connectivity index (χ0n) is 11.3. The lowest BCUT2D eigenvalue weighted by molar-refractivity contribution is 0.410. The number of nitrogens with one attached hydrogen (secondary N) is 1. The van der Waals surface area contributed by atoms with Gasteiger partial charge in [-0.25, -0.2) is 12.7 Å². The summed E-state index contributed by atoms with van der Waals surface area (Å²) >= 11 is 1.63. The molecule has 1 N–H and O–H groups in total. The van der Waals surface area contributed by atoms with Crippen LogP contribution in [0.2, 0.25) is 0 Å². The molecule has 0 spiro atoms. The predicted molar refractivity (Wildman–Crippen MR) is 75.2 cm³/mol. The van der Waals surface area contributed by atoms with E-state index in [1.54, 1.807) is 11.8 Å². The van der Waals surface area contributed by atoms with E-state index in [0.29, 0.717) is 24.6 Å². The normalized spacial score (nSPS) is 16.7. The van der Waals surface area contributed by atoms with Crippen LogP contribution in [-0.4, -0.2) is 54.6 Å². The van der Waals surface area contributed by atoms with Crippen LogP contribution in [0, 0.1) is 23.5 Å². The van der Waals surface area contributed by atoms with Crippen LogP contribution in [-0.2, 0) is 10.0 Å². The van der Waals surface area contributed by atoms with Crippen molar-refractivity contribution >= 4 is 27.5 Å². The van der Waals surface area contributed by atoms with E-state index in [0.717, 1.165) is 0 Å². The molecule has 1 aliphatic rings. The molecule has 2 rings (SSSR count). The van der Waals surface area contributed by atoms with E-state index in [-0.39, 0.29) is 6.54 Å². The van der Waals surface area contributed by atoms with Crippen LogP contribution in [0.1, 0.15) is 0 Å². The summed E-state index contributed by atoms with van der Waals surface area (Å²) in [5.74, 6) is -6.05. The Balaban J connectivity index is 2.02. The fourth-order valence-electron chi connectivity index (χ4n) is 1.90. The molecule has 0 bridgehead atoms. The molecule has 0 amide bonds. The number of sulfonamides is 1. The van der Waals surface area contributed by atoms with Crippen LogP contribution in [0.5, 0.6) is 0 Å². The number of thioether (sulfide) groups is 1. The highest BCUT2D eigenvalue weighted by atomic mass is 32.2. The first-order chi connectivity index (χ1) is 10.3. The van der Waals surface area contributed by atoms with Gasteiger partial charge in [0.1, 0.15) is 5.69 Å². The smallest absolute Gasteiger partial charge is 0.253 e. The van der Waals surface area contributed by atoms with Gasteiger partial charge in [-0.05, 0) is 0 Å². The molecule has 1 aromatic heterocycles. The summed E-state index contributed by atoms with van der Waals surface area (Å²) in [7, 11) is -3.59. The van der Waals surface area contributed by atoms with Crippen LogP contribution in [0.15, 0.2) is 0 Å². The molecule has 22 heavy (non-hydrogen) atoms. The Morgan fingerprint density at radius 2 is 1.64 bits per heavy atom. The van der Waals surface area contributed by atoms with Gasteiger partial charge in [0, 0.05) is 31.1 Å². The minimum absolute atomic E-state index is 0.369. The van der Waals surface area contributed by atoms with Crippen molar-refractivity contribution in [2.45, 2.75) is 0 Å². The highest BCUT2D eigenvalue weighted by molar-refractivity contribution is 7.99. The first-order valence-corrected chi connectivity index (χ1v) is 9.08. The Hall–Kier alpha value is -1.07. The Morgan fingerprint density at radius 1 is 1.09 bits per heavy atom. The topological polar surface area (TPSA) is 62.3 Å². The summed E-state index contributed by atoms with van der Waals surface area (Å²) in [4.78, 5) is 2.41. The molecular weight excluding hydrogens is 346 g/mol. The van der Waals surface area contributed by atoms with Crippen molar-refractivity contribution in [1.29, 1.82) is 0 Å². The number of rotatable bonds is 5. The molecule has 1 aromatic rings. The van der Waals surface area contributed by atoms with Gasteiger partial charge in [0.25, 0.3) is 11.9 Å². The SMILES string of the molecule is O=S(=O)(CCNc1c(F)c(F)nc(F)c1F)N1CCSCC1. The van der Waals surface area contributed by atoms with E-state index in [1.165, 1.54) is 4.31 Å². The third kappa shape index (κ3) is 3.82. The summed E-state index contributed by atoms with van der Waals surface area (Å²) in [5.41, 5.74) is -1.06. The van der Waals surface area contributed by atoms with Gasteiger partial charge in [-0.15, -0.1) is 0 Å². The molecule has 0 saturated carbocycles. The highest BCUT2D eigenvalue weighted by Gasteiger charge is 2.25. The van der Waals surface area contributed by atoms with Crippen molar-refractivity contribution in [1.82, 2.24) is 9.29 Å². The van der Waals surface area contributed by atoms with Crippen LogP contribution in [0.25, 0.3) is 0 Å². The van der Waals surface area contributed by atoms with Gasteiger partial charge in [-0.2, -0.15) is 34.3 Å². The lowest BCUT2D eigenvalue weighted by atomic mass is 10.3. The van der Waals surface area contributed by atoms with E-state index in [9.17, 15) is 26.0 Å². The second-order valence-electron chi connectivity index (χ2n) is 4.45. The van der Waals surface area contributed by atoms with Crippen LogP contribution in [0.4, 0.5) is 23.2 Å². The Labute approximate surface area is 129 Å². The van der Waals surface area contributed by atoms with Gasteiger partial charge < -0.3 is 5.32 Å². The molecule has 0 radical (unpaired) electrons. The highest BCUT2D eigenvalue weighted by Crippen LogP contribution is 2.22. The van der Waals surface area contributed by atoms with E-state index in [2.05, 4.69) is 10.3 Å². The van der Waals surface area contributed by atoms with E-state index in [1.807, 2.05) is 0 Å². The molecule has 0 unspecified atom stereocenters. The van der Waals surface area contributed by atoms with E-state index < -0.39 is 45.0 Å². The lowest BCUT2D eigenvalue weighted by Crippen LogP contribution is -2.40. The molecule has 0 aromatic carbocycles. The van der Waals surface area contributed by atoms with Gasteiger partial charge in [0.15, 0.2) is 0 Å². The third-order valence-corrected chi connectivity index (χ3v) is 5.84. The molecule has 2 heterocycles. The summed E-state index contributed by atoms with van der Waals surface area (Å²) in [5, 5.41) is 2.08. The predicted octanol–water partition coefficient (Wildman–Crippen LogP) is 1.43. The fraction of sp³-hybridized carbons (Fsp3) is 0.545. The van der Waals surface area contributed by atoms with Crippen molar-refractivity contribution in [3.05, 3.63) is 23.5 Å². The molecular formula is C11H13F4N3O2S2. The Bertz CT molecular complexity index is 625. The van der Waals surface area contributed by atoms with Gasteiger partial charge in [-0.1, -0.05) is 0 Å². The van der Waals surface area contributed by atoms with Crippen LogP contribution < -0.4 is 5.32 Å². The number of aromatic nitrogens is 1. The minimum atomic E-state index is -3.59. The van der Waals surface area contributed by atoms with Gasteiger partial charge in [0.2, 0.25) is 21.7 Å². The van der Waals surface area contributed by atoms with E-state index in [4.69, 9.17) is 0 Å². The van der Waals surface area contributed by atoms with Gasteiger partial charge in [-0.3, -0.25) is 0 Å². The number of hydrogen-bond donors (Lipinski definition) is 1. The monoisotopic (exact) mass is 359 g/mol. The zero-order valence-corrected chi connectivity index (χ0v) is 12.9. The second-order valence-corrected chi connectivity index (χ2v) is 7.76. The van der Waals surface area contributed by atoms with Crippen LogP contribution in [0.3, 0.4) is 0 Å². The maximum absolute atomic E-state index is 13.3. The average molecular weight is 359 g/mol. The largest absolute Gasteiger partial charge is 0.379 e. The molecule has 1 fully saturated rings. The maximum atomic E-state index is 13.3. The van der Waals surface area contributed by atoms with Crippen molar-refractivity contribution in [2.24, 2.45) is 0 Å². The first-order valence-electron chi connectivity index (χ1n) is 6.32. The van der Waals surface area contributed by atoms with Crippen molar-refractivity contribution < 1.29 is 26.0 Å². The Morgan fingerprint density at radius 3 is 2.18 bits per heavy atom. The number of hydrogen-bond acceptors (Lipinski definition) is 5. The van der Waals surface area contributed by atoms with Crippen LogP contribution >= 0.6 is 11.8 Å². The van der Waals surface area contributed by atoms with E-state index >= 15 is 0 Å². The standard InChI is InChI=1S/C11H13F4N3O2S2/c12-7-9(8(13)11(15)17-10(7)14)16-1-6-22(19,20)18-2-4-21-5-3-18/h1-6H2,(H,16,17). The zero-order chi connectivity index (χ0) is 16.3. The lowest BCUT2D eigenvalue weighted by Gasteiger charge is -2.25. The Kier molecular flexibility index (Phi) is 5.50. The summed E-state index contributed by atoms with van der Waals surface area (Å²) in [6.45, 7) is 0.352. The quantitative estimate of drug-likeness (QED) is 0.637. The summed E-state index contributed by atoms with van der Waals surface area (Å²) < 4.78 is 77.8. The number of nitrogens with zero attached hydrogens (tertiary/aromatic N) is 2. The van der Waals surface area contributed by atoms with Gasteiger partial charge in [0.05, 0.1) is 5.75 Å². The van der Waals surface area contributed by atoms with Crippen molar-refractivity contribution in [3.63, 3.8) is 0 Å². The van der Waals surface area contributed by atoms with Crippen molar-refractivity contribution in [2.75, 3.05) is 42.2 Å². The number of pyridine rings is 1. The number of halogens is 4. The third-order valence-electron chi connectivity index (χ3n) is 3.02. The molecule has 1 saturated heterocycles. The van der Waals surface area contributed by atoms with Crippen molar-refractivity contribution in [3.8, 4) is 0 Å². The second kappa shape index (κ2) is 7.01. The molecule has 0 aliphatic carbocycles. The fourth-order valence-corrected chi connectivity index (χ4v) is 4.39. The first kappa shape index (κ1) is 17.3. The summed E-state index contributed by atoms with van der Waals surface area (Å²) in [6, 6.07) is 0. The molecule has 11 heteroatoms. The average Bonchev–Trinajstić information content (AvgIpc) is 2.49. The molecule has 1 aliphatic heterocycles. The van der Waals surface area contributed by atoms with Gasteiger partial charge >= 0.3 is 0 Å². The molecule has 0 atom stereocenters. The maximum Gasteiger partial charge on any atom is 0.253 e. The minimum Gasteiger partial charge on any atom is -0.379 e. The summed E-state index contributed by atoms with van der Waals surface area (Å²) in [6.07, 6.45) is 0. The number of anilines is 1. The molecule has 124 valence electrons.